The Balaban J connectivity index is 0.0000320. The standard InChI is InChI=1S/C57H96N8O14.2H2S/c1-55(2,3)22-12-10-11-15-43(51(58)69)36-50(68)49(62-57(7,8)9)37-46-38-65(64-63-46)24-26-74-28-30-76-32-34-77-33-31-75-29-27-73-25-14-17-47(66)40-78-41-48(67)35-44(16-13-23-60-54(59)72)52(70)61-45-20-18-42(19-21-45)39-79-53(71)56(4,5)6;;/h18-21,38,43-44,49,62H,10-17,22-37,39-41H2,1-9H3,(H2,58,69)(H,61,70)(H3,59,60,72);2*1H2/t43-,44-,49+;;/m1../s1. The topological polar surface area (TPSA) is 303 Å². The van der Waals surface area contributed by atoms with E-state index in [-0.39, 0.29) is 113 Å². The SMILES string of the molecule is CC(C)(C)CCCCC[C@H](CC(=O)[C@H](Cc1cn(CCOCCOCCOCCOCCOCCCC(=O)COCC(=O)C[C@@H](CCCNC(N)=O)C(=O)Nc2ccc(COC(=O)C(C)(C)C)cc2)nn1)NC(C)(C)C)C(N)=O.S.S. The number of anilines is 1. The molecule has 0 aliphatic rings. The predicted molar refractivity (Wildman–Crippen MR) is 319 cm³/mol. The minimum atomic E-state index is -0.729. The lowest BCUT2D eigenvalue weighted by Crippen LogP contribution is -2.49. The molecule has 0 bridgehead atoms. The van der Waals surface area contributed by atoms with Crippen molar-refractivity contribution in [3.63, 3.8) is 0 Å². The molecule has 1 aromatic carbocycles. The first-order chi connectivity index (χ1) is 37.3. The second-order valence-electron chi connectivity index (χ2n) is 23.1. The van der Waals surface area contributed by atoms with Gasteiger partial charge in [-0.15, -0.1) is 5.10 Å². The van der Waals surface area contributed by atoms with Gasteiger partial charge in [0.1, 0.15) is 19.8 Å². The zero-order chi connectivity index (χ0) is 58.7. The Kier molecular flexibility index (Phi) is 39.9. The molecule has 7 N–H and O–H groups in total. The van der Waals surface area contributed by atoms with E-state index in [0.29, 0.717) is 110 Å². The lowest BCUT2D eigenvalue weighted by atomic mass is 9.87. The number of carbonyl (C=O) groups is 7. The van der Waals surface area contributed by atoms with Crippen LogP contribution in [0.3, 0.4) is 0 Å². The van der Waals surface area contributed by atoms with Crippen LogP contribution in [-0.4, -0.2) is 154 Å². The molecular formula is C57H100N8O14S2. The molecule has 0 saturated heterocycles. The summed E-state index contributed by atoms with van der Waals surface area (Å²) >= 11 is 0. The molecule has 4 amide bonds. The van der Waals surface area contributed by atoms with Crippen molar-refractivity contribution in [1.82, 2.24) is 25.6 Å². The van der Waals surface area contributed by atoms with Crippen molar-refractivity contribution >= 4 is 73.8 Å². The van der Waals surface area contributed by atoms with Gasteiger partial charge in [-0.2, -0.15) is 27.0 Å². The number of amides is 4. The van der Waals surface area contributed by atoms with Gasteiger partial charge in [0.2, 0.25) is 11.8 Å². The lowest BCUT2D eigenvalue weighted by molar-refractivity contribution is -0.154. The number of benzene rings is 1. The van der Waals surface area contributed by atoms with Gasteiger partial charge >= 0.3 is 12.0 Å². The van der Waals surface area contributed by atoms with E-state index >= 15 is 0 Å². The summed E-state index contributed by atoms with van der Waals surface area (Å²) in [5, 5.41) is 17.2. The van der Waals surface area contributed by atoms with Crippen molar-refractivity contribution in [2.75, 3.05) is 91.1 Å². The van der Waals surface area contributed by atoms with E-state index in [4.69, 9.17) is 44.6 Å². The van der Waals surface area contributed by atoms with Crippen molar-refractivity contribution in [3.8, 4) is 0 Å². The Morgan fingerprint density at radius 1 is 0.642 bits per heavy atom. The molecule has 1 heterocycles. The average molecular weight is 1190 g/mol. The summed E-state index contributed by atoms with van der Waals surface area (Å²) in [6.07, 6.45) is 8.13. The number of carbonyl (C=O) groups excluding carboxylic acids is 7. The Labute approximate surface area is 495 Å². The Hall–Kier alpha value is -4.53. The van der Waals surface area contributed by atoms with Crippen molar-refractivity contribution in [1.29, 1.82) is 0 Å². The largest absolute Gasteiger partial charge is 0.460 e. The molecular weight excluding hydrogens is 1080 g/mol. The molecule has 0 aliphatic carbocycles. The maximum Gasteiger partial charge on any atom is 0.312 e. The molecule has 2 rings (SSSR count). The number of unbranched alkanes of at least 4 members (excludes halogenated alkanes) is 2. The van der Waals surface area contributed by atoms with E-state index in [1.807, 2.05) is 27.0 Å². The molecule has 0 saturated carbocycles. The van der Waals surface area contributed by atoms with Gasteiger partial charge in [-0.25, -0.2) is 9.48 Å². The maximum absolute atomic E-state index is 13.6. The van der Waals surface area contributed by atoms with Crippen LogP contribution < -0.4 is 27.4 Å². The number of hydrogen-bond donors (Lipinski definition) is 5. The van der Waals surface area contributed by atoms with Crippen molar-refractivity contribution in [2.24, 2.45) is 34.1 Å². The molecule has 464 valence electrons. The second-order valence-corrected chi connectivity index (χ2v) is 23.1. The van der Waals surface area contributed by atoms with Crippen molar-refractivity contribution in [3.05, 3.63) is 41.7 Å². The quantitative estimate of drug-likeness (QED) is 0.0372. The number of urea groups is 1. The van der Waals surface area contributed by atoms with Gasteiger partial charge in [0.15, 0.2) is 17.3 Å². The summed E-state index contributed by atoms with van der Waals surface area (Å²) in [6, 6.07) is 5.58. The summed E-state index contributed by atoms with van der Waals surface area (Å²) in [7, 11) is 0. The minimum absolute atomic E-state index is 0. The first kappa shape index (κ1) is 76.5. The molecule has 24 heteroatoms. The highest BCUT2D eigenvalue weighted by Crippen LogP contribution is 2.24. The molecule has 3 atom stereocenters. The third-order valence-corrected chi connectivity index (χ3v) is 12.1. The van der Waals surface area contributed by atoms with Crippen LogP contribution in [0.5, 0.6) is 0 Å². The lowest BCUT2D eigenvalue weighted by Gasteiger charge is -2.28. The fourth-order valence-corrected chi connectivity index (χ4v) is 7.85. The average Bonchev–Trinajstić information content (AvgIpc) is 3.81. The number of nitrogens with one attached hydrogen (secondary N) is 3. The van der Waals surface area contributed by atoms with Gasteiger partial charge in [-0.1, -0.05) is 57.4 Å². The normalized spacial score (nSPS) is 12.8. The highest BCUT2D eigenvalue weighted by Gasteiger charge is 2.29. The van der Waals surface area contributed by atoms with Gasteiger partial charge < -0.3 is 60.6 Å². The van der Waals surface area contributed by atoms with Crippen LogP contribution in [0.1, 0.15) is 144 Å². The summed E-state index contributed by atoms with van der Waals surface area (Å²) in [5.74, 6) is -2.98. The maximum atomic E-state index is 13.6. The molecule has 0 spiro atoms. The number of rotatable bonds is 45. The smallest absolute Gasteiger partial charge is 0.312 e. The van der Waals surface area contributed by atoms with Crippen molar-refractivity contribution < 1.29 is 66.7 Å². The predicted octanol–water partition coefficient (Wildman–Crippen LogP) is 6.06. The van der Waals surface area contributed by atoms with E-state index < -0.39 is 41.1 Å². The van der Waals surface area contributed by atoms with Gasteiger partial charge in [-0.05, 0) is 96.8 Å². The van der Waals surface area contributed by atoms with Crippen LogP contribution in [0, 0.1) is 22.7 Å². The Bertz CT molecular complexity index is 2110. The van der Waals surface area contributed by atoms with E-state index in [9.17, 15) is 33.6 Å². The van der Waals surface area contributed by atoms with Gasteiger partial charge in [0.05, 0.1) is 83.2 Å². The van der Waals surface area contributed by atoms with Gasteiger partial charge in [0.25, 0.3) is 0 Å². The Morgan fingerprint density at radius 3 is 1.77 bits per heavy atom. The number of aromatic nitrogens is 3. The zero-order valence-corrected chi connectivity index (χ0v) is 51.9. The molecule has 1 aromatic heterocycles. The van der Waals surface area contributed by atoms with Crippen molar-refractivity contribution in [2.45, 2.75) is 164 Å². The summed E-state index contributed by atoms with van der Waals surface area (Å²) in [6.45, 7) is 22.0. The highest BCUT2D eigenvalue weighted by molar-refractivity contribution is 7.59. The zero-order valence-electron chi connectivity index (χ0n) is 49.9. The van der Waals surface area contributed by atoms with Crippen LogP contribution in [0.25, 0.3) is 0 Å². The first-order valence-corrected chi connectivity index (χ1v) is 27.9. The molecule has 0 radical (unpaired) electrons. The fourth-order valence-electron chi connectivity index (χ4n) is 7.85. The Morgan fingerprint density at radius 2 is 1.21 bits per heavy atom. The third-order valence-electron chi connectivity index (χ3n) is 12.1. The minimum Gasteiger partial charge on any atom is -0.460 e. The number of nitrogens with two attached hydrogens (primary N) is 2. The first-order valence-electron chi connectivity index (χ1n) is 27.9. The molecule has 0 fully saturated rings. The highest BCUT2D eigenvalue weighted by atomic mass is 32.1. The van der Waals surface area contributed by atoms with Crippen LogP contribution in [0.2, 0.25) is 0 Å². The van der Waals surface area contributed by atoms with E-state index in [2.05, 4.69) is 47.0 Å². The van der Waals surface area contributed by atoms with Crippen LogP contribution in [0.4, 0.5) is 10.5 Å². The summed E-state index contributed by atoms with van der Waals surface area (Å²) < 4.78 is 40.4. The molecule has 22 nitrogen and oxygen atoms in total. The number of ketones is 3. The van der Waals surface area contributed by atoms with Crippen LogP contribution in [-0.2, 0) is 81.5 Å². The van der Waals surface area contributed by atoms with Gasteiger partial charge in [0, 0.05) is 68.1 Å². The second kappa shape index (κ2) is 42.3. The van der Waals surface area contributed by atoms with E-state index in [0.717, 1.165) is 31.2 Å². The summed E-state index contributed by atoms with van der Waals surface area (Å²) in [4.78, 5) is 87.5. The number of esters is 1. The van der Waals surface area contributed by atoms with Crippen LogP contribution in [0.15, 0.2) is 30.5 Å². The number of ether oxygens (including phenoxy) is 7. The molecule has 81 heavy (non-hydrogen) atoms. The molecule has 0 aliphatic heterocycles. The summed E-state index contributed by atoms with van der Waals surface area (Å²) in [5.41, 5.74) is 12.1. The monoisotopic (exact) mass is 1180 g/mol. The van der Waals surface area contributed by atoms with Gasteiger partial charge in [-0.3, -0.25) is 28.8 Å². The van der Waals surface area contributed by atoms with E-state index in [1.54, 1.807) is 49.7 Å². The molecule has 0 unspecified atom stereocenters. The number of nitrogens with zero attached hydrogens (tertiary/aromatic N) is 3. The number of Topliss-reactive ketones (excluding diaryl/α,β-unsaturated/α-hetero) is 3. The number of primary amides is 2. The molecule has 2 aromatic rings. The third kappa shape index (κ3) is 39.6. The van der Waals surface area contributed by atoms with Crippen LogP contribution >= 0.6 is 27.0 Å². The number of hydrogen-bond acceptors (Lipinski definition) is 17. The van der Waals surface area contributed by atoms with E-state index in [1.165, 1.54) is 0 Å². The fraction of sp³-hybridized carbons (Fsp3) is 0.737.